The largest absolute Gasteiger partial charge is 0.497 e. The minimum Gasteiger partial charge on any atom is -0.497 e. The zero-order valence-electron chi connectivity index (χ0n) is 20.7. The SMILES string of the molecule is C=C1C(=O)C=C(N2CCC(N3CCN(c4cc(OC)cc5cccnc45)CC3)CC2)c2ncccc21. The number of piperidine rings is 1. The van der Waals surface area contributed by atoms with Crippen LogP contribution in [-0.4, -0.2) is 78.0 Å². The summed E-state index contributed by atoms with van der Waals surface area (Å²) in [6, 6.07) is 12.6. The van der Waals surface area contributed by atoms with E-state index in [1.807, 2.05) is 24.4 Å². The fourth-order valence-corrected chi connectivity index (χ4v) is 5.81. The molecule has 0 N–H and O–H groups in total. The Balaban J connectivity index is 1.11. The summed E-state index contributed by atoms with van der Waals surface area (Å²) in [5.41, 5.74) is 5.41. The fourth-order valence-electron chi connectivity index (χ4n) is 5.81. The van der Waals surface area contributed by atoms with Gasteiger partial charge in [0.05, 0.1) is 29.7 Å². The van der Waals surface area contributed by atoms with Gasteiger partial charge in [0.1, 0.15) is 5.75 Å². The van der Waals surface area contributed by atoms with Crippen molar-refractivity contribution in [2.24, 2.45) is 0 Å². The molecule has 0 atom stereocenters. The standard InChI is InChI=1S/C29H31N5O2/c1-20-24-6-4-10-31-29(24)26(19-27(20)35)33-11-7-22(8-12-33)32-13-15-34(16-14-32)25-18-23(36-2)17-21-5-3-9-30-28(21)25/h3-6,9-10,17-19,22H,1,7-8,11-16H2,2H3. The molecule has 4 heterocycles. The Labute approximate surface area is 211 Å². The number of ketones is 1. The van der Waals surface area contributed by atoms with E-state index in [0.29, 0.717) is 11.6 Å². The van der Waals surface area contributed by atoms with Gasteiger partial charge < -0.3 is 14.5 Å². The van der Waals surface area contributed by atoms with Crippen molar-refractivity contribution in [2.75, 3.05) is 51.3 Å². The van der Waals surface area contributed by atoms with E-state index < -0.39 is 0 Å². The van der Waals surface area contributed by atoms with Crippen LogP contribution in [-0.2, 0) is 4.79 Å². The van der Waals surface area contributed by atoms with Crippen LogP contribution in [0.1, 0.15) is 24.1 Å². The lowest BCUT2D eigenvalue weighted by Crippen LogP contribution is -2.53. The number of ether oxygens (including phenoxy) is 1. The summed E-state index contributed by atoms with van der Waals surface area (Å²) >= 11 is 0. The van der Waals surface area contributed by atoms with Crippen LogP contribution < -0.4 is 9.64 Å². The number of hydrogen-bond acceptors (Lipinski definition) is 7. The van der Waals surface area contributed by atoms with Crippen LogP contribution >= 0.6 is 0 Å². The molecule has 0 amide bonds. The number of carbonyl (C=O) groups is 1. The van der Waals surface area contributed by atoms with Gasteiger partial charge in [-0.2, -0.15) is 0 Å². The van der Waals surface area contributed by atoms with E-state index >= 15 is 0 Å². The lowest BCUT2D eigenvalue weighted by atomic mass is 9.92. The van der Waals surface area contributed by atoms with E-state index in [1.165, 1.54) is 0 Å². The second kappa shape index (κ2) is 9.39. The summed E-state index contributed by atoms with van der Waals surface area (Å²) in [6.07, 6.45) is 7.55. The number of methoxy groups -OCH3 is 1. The molecule has 0 saturated carbocycles. The molecule has 0 unspecified atom stereocenters. The molecule has 184 valence electrons. The van der Waals surface area contributed by atoms with Crippen molar-refractivity contribution in [1.82, 2.24) is 19.8 Å². The van der Waals surface area contributed by atoms with Gasteiger partial charge in [0, 0.05) is 86.4 Å². The Morgan fingerprint density at radius 3 is 2.47 bits per heavy atom. The molecule has 1 aromatic carbocycles. The van der Waals surface area contributed by atoms with E-state index in [9.17, 15) is 4.79 Å². The van der Waals surface area contributed by atoms with E-state index in [-0.39, 0.29) is 5.78 Å². The van der Waals surface area contributed by atoms with Crippen molar-refractivity contribution < 1.29 is 9.53 Å². The number of aromatic nitrogens is 2. The number of carbonyl (C=O) groups excluding carboxylic acids is 1. The molecule has 0 radical (unpaired) electrons. The average molecular weight is 482 g/mol. The third-order valence-electron chi connectivity index (χ3n) is 7.81. The summed E-state index contributed by atoms with van der Waals surface area (Å²) in [5.74, 6) is 0.860. The summed E-state index contributed by atoms with van der Waals surface area (Å²) < 4.78 is 5.56. The quantitative estimate of drug-likeness (QED) is 0.525. The number of likely N-dealkylation sites (tertiary alicyclic amines) is 1. The Morgan fingerprint density at radius 2 is 1.69 bits per heavy atom. The van der Waals surface area contributed by atoms with Crippen molar-refractivity contribution in [3.8, 4) is 5.75 Å². The van der Waals surface area contributed by atoms with Gasteiger partial charge in [0.2, 0.25) is 0 Å². The van der Waals surface area contributed by atoms with Gasteiger partial charge in [-0.25, -0.2) is 0 Å². The van der Waals surface area contributed by atoms with E-state index in [0.717, 1.165) is 91.4 Å². The number of pyridine rings is 2. The molecule has 6 rings (SSSR count). The van der Waals surface area contributed by atoms with Crippen LogP contribution in [0.25, 0.3) is 22.2 Å². The van der Waals surface area contributed by atoms with Gasteiger partial charge >= 0.3 is 0 Å². The number of allylic oxidation sites excluding steroid dienone is 2. The molecular formula is C29H31N5O2. The van der Waals surface area contributed by atoms with Crippen molar-refractivity contribution in [2.45, 2.75) is 18.9 Å². The number of rotatable bonds is 4. The monoisotopic (exact) mass is 481 g/mol. The number of benzene rings is 1. The molecule has 2 saturated heterocycles. The molecule has 3 aromatic rings. The molecule has 3 aliphatic rings. The van der Waals surface area contributed by atoms with Crippen molar-refractivity contribution >= 4 is 33.6 Å². The first-order valence-corrected chi connectivity index (χ1v) is 12.7. The third kappa shape index (κ3) is 4.03. The highest BCUT2D eigenvalue weighted by Crippen LogP contribution is 2.34. The molecule has 0 bridgehead atoms. The zero-order valence-corrected chi connectivity index (χ0v) is 20.7. The van der Waals surface area contributed by atoms with Crippen LogP contribution in [0.5, 0.6) is 5.75 Å². The molecule has 2 aromatic heterocycles. The number of piperazine rings is 1. The highest BCUT2D eigenvalue weighted by molar-refractivity contribution is 6.30. The van der Waals surface area contributed by atoms with Gasteiger partial charge in [0.15, 0.2) is 5.78 Å². The maximum atomic E-state index is 12.5. The summed E-state index contributed by atoms with van der Waals surface area (Å²) in [5, 5.41) is 1.11. The number of fused-ring (bicyclic) bond motifs is 2. The summed E-state index contributed by atoms with van der Waals surface area (Å²) in [6.45, 7) is 9.82. The zero-order chi connectivity index (χ0) is 24.6. The van der Waals surface area contributed by atoms with Crippen LogP contribution in [0.15, 0.2) is 61.4 Å². The lowest BCUT2D eigenvalue weighted by molar-refractivity contribution is -0.109. The van der Waals surface area contributed by atoms with Gasteiger partial charge in [-0.05, 0) is 31.0 Å². The minimum absolute atomic E-state index is 0.0108. The molecule has 7 heteroatoms. The lowest BCUT2D eigenvalue weighted by Gasteiger charge is -2.44. The van der Waals surface area contributed by atoms with Gasteiger partial charge in [0.25, 0.3) is 0 Å². The minimum atomic E-state index is -0.0108. The van der Waals surface area contributed by atoms with Crippen LogP contribution in [0, 0.1) is 0 Å². The summed E-state index contributed by atoms with van der Waals surface area (Å²) in [4.78, 5) is 29.2. The second-order valence-electron chi connectivity index (χ2n) is 9.73. The van der Waals surface area contributed by atoms with Crippen LogP contribution in [0.3, 0.4) is 0 Å². The fraction of sp³-hybridized carbons (Fsp3) is 0.345. The normalized spacial score (nSPS) is 19.4. The van der Waals surface area contributed by atoms with Gasteiger partial charge in [-0.3, -0.25) is 19.7 Å². The van der Waals surface area contributed by atoms with Crippen molar-refractivity contribution in [3.63, 3.8) is 0 Å². The molecule has 0 spiro atoms. The number of anilines is 1. The molecular weight excluding hydrogens is 450 g/mol. The third-order valence-corrected chi connectivity index (χ3v) is 7.81. The predicted octanol–water partition coefficient (Wildman–Crippen LogP) is 3.86. The topological polar surface area (TPSA) is 61.8 Å². The first-order valence-electron chi connectivity index (χ1n) is 12.7. The van der Waals surface area contributed by atoms with E-state index in [2.05, 4.69) is 49.4 Å². The first kappa shape index (κ1) is 22.7. The van der Waals surface area contributed by atoms with E-state index in [1.54, 1.807) is 19.4 Å². The van der Waals surface area contributed by atoms with Crippen LogP contribution in [0.2, 0.25) is 0 Å². The average Bonchev–Trinajstić information content (AvgIpc) is 2.94. The maximum absolute atomic E-state index is 12.5. The molecule has 36 heavy (non-hydrogen) atoms. The molecule has 1 aliphatic carbocycles. The Hall–Kier alpha value is -3.71. The van der Waals surface area contributed by atoms with Crippen molar-refractivity contribution in [3.05, 3.63) is 72.7 Å². The molecule has 2 aliphatic heterocycles. The molecule has 2 fully saturated rings. The Morgan fingerprint density at radius 1 is 0.944 bits per heavy atom. The Bertz CT molecular complexity index is 1350. The first-order chi connectivity index (χ1) is 17.6. The Kier molecular flexibility index (Phi) is 5.93. The number of nitrogens with zero attached hydrogens (tertiary/aromatic N) is 5. The highest BCUT2D eigenvalue weighted by Gasteiger charge is 2.32. The smallest absolute Gasteiger partial charge is 0.188 e. The summed E-state index contributed by atoms with van der Waals surface area (Å²) in [7, 11) is 1.72. The maximum Gasteiger partial charge on any atom is 0.188 e. The molecule has 7 nitrogen and oxygen atoms in total. The van der Waals surface area contributed by atoms with E-state index in [4.69, 9.17) is 4.74 Å². The van der Waals surface area contributed by atoms with Crippen molar-refractivity contribution in [1.29, 1.82) is 0 Å². The number of hydrogen-bond donors (Lipinski definition) is 0. The second-order valence-corrected chi connectivity index (χ2v) is 9.73. The predicted molar refractivity (Wildman–Crippen MR) is 143 cm³/mol. The van der Waals surface area contributed by atoms with Gasteiger partial charge in [-0.15, -0.1) is 0 Å². The van der Waals surface area contributed by atoms with Crippen LogP contribution in [0.4, 0.5) is 5.69 Å². The highest BCUT2D eigenvalue weighted by atomic mass is 16.5. The van der Waals surface area contributed by atoms with Gasteiger partial charge in [-0.1, -0.05) is 18.7 Å².